The molecule has 0 saturated carbocycles. The third-order valence-corrected chi connectivity index (χ3v) is 5.08. The predicted octanol–water partition coefficient (Wildman–Crippen LogP) is 4.90. The number of benzene rings is 2. The number of amides is 1. The van der Waals surface area contributed by atoms with Crippen molar-refractivity contribution in [2.24, 2.45) is 0 Å². The summed E-state index contributed by atoms with van der Waals surface area (Å²) in [5.74, 6) is 0.605. The second-order valence-corrected chi connectivity index (χ2v) is 7.16. The summed E-state index contributed by atoms with van der Waals surface area (Å²) in [6.07, 6.45) is 1.75. The van der Waals surface area contributed by atoms with Gasteiger partial charge in [-0.15, -0.1) is 10.2 Å². The fraction of sp³-hybridized carbons (Fsp3) is 0.286. The number of carbonyl (C=O) groups is 1. The number of anilines is 1. The maximum absolute atomic E-state index is 12.4. The zero-order valence-corrected chi connectivity index (χ0v) is 16.6. The molecule has 27 heavy (non-hydrogen) atoms. The smallest absolute Gasteiger partial charge is 0.277 e. The maximum atomic E-state index is 12.4. The zero-order valence-electron chi connectivity index (χ0n) is 15.8. The normalized spacial score (nSPS) is 10.8. The fourth-order valence-electron chi connectivity index (χ4n) is 2.87. The van der Waals surface area contributed by atoms with Gasteiger partial charge < -0.3 is 9.73 Å². The molecule has 0 spiro atoms. The Morgan fingerprint density at radius 2 is 1.78 bits per heavy atom. The highest BCUT2D eigenvalue weighted by atomic mass is 32.2. The van der Waals surface area contributed by atoms with E-state index in [1.54, 1.807) is 0 Å². The Kier molecular flexibility index (Phi) is 6.29. The van der Waals surface area contributed by atoms with Gasteiger partial charge in [0.2, 0.25) is 11.8 Å². The summed E-state index contributed by atoms with van der Waals surface area (Å²) < 4.78 is 5.68. The number of nitrogens with one attached hydrogen (secondary N) is 1. The lowest BCUT2D eigenvalue weighted by molar-refractivity contribution is -0.113. The first kappa shape index (κ1) is 19.2. The van der Waals surface area contributed by atoms with Gasteiger partial charge in [0.15, 0.2) is 0 Å². The zero-order chi connectivity index (χ0) is 19.2. The third-order valence-electron chi connectivity index (χ3n) is 4.26. The van der Waals surface area contributed by atoms with Gasteiger partial charge in [-0.1, -0.05) is 61.5 Å². The van der Waals surface area contributed by atoms with Gasteiger partial charge in [0, 0.05) is 11.3 Å². The van der Waals surface area contributed by atoms with Gasteiger partial charge in [-0.05, 0) is 43.0 Å². The first-order chi connectivity index (χ1) is 13.1. The summed E-state index contributed by atoms with van der Waals surface area (Å²) in [6.45, 7) is 6.19. The van der Waals surface area contributed by atoms with E-state index in [0.29, 0.717) is 11.1 Å². The summed E-state index contributed by atoms with van der Waals surface area (Å²) in [4.78, 5) is 12.4. The Bertz CT molecular complexity index is 914. The second-order valence-electron chi connectivity index (χ2n) is 6.24. The number of rotatable bonds is 7. The summed E-state index contributed by atoms with van der Waals surface area (Å²) >= 11 is 1.24. The molecule has 0 aliphatic heterocycles. The van der Waals surface area contributed by atoms with Crippen molar-refractivity contribution in [2.45, 2.75) is 38.8 Å². The first-order valence-electron chi connectivity index (χ1n) is 9.04. The summed E-state index contributed by atoms with van der Waals surface area (Å²) in [7, 11) is 0. The molecular weight excluding hydrogens is 358 g/mol. The number of aryl methyl sites for hydroxylation is 3. The van der Waals surface area contributed by atoms with E-state index < -0.39 is 0 Å². The Balaban J connectivity index is 1.64. The van der Waals surface area contributed by atoms with Crippen LogP contribution in [0.15, 0.2) is 52.1 Å². The average Bonchev–Trinajstić information content (AvgIpc) is 3.15. The van der Waals surface area contributed by atoms with Crippen molar-refractivity contribution in [3.05, 3.63) is 59.2 Å². The molecule has 2 aromatic carbocycles. The van der Waals surface area contributed by atoms with Gasteiger partial charge in [0.05, 0.1) is 5.75 Å². The van der Waals surface area contributed by atoms with E-state index >= 15 is 0 Å². The molecule has 140 valence electrons. The highest BCUT2D eigenvalue weighted by Gasteiger charge is 2.13. The molecule has 0 fully saturated rings. The first-order valence-corrected chi connectivity index (χ1v) is 10.0. The van der Waals surface area contributed by atoms with E-state index in [-0.39, 0.29) is 11.7 Å². The standard InChI is InChI=1S/C21H23N3O2S/c1-4-15-9-7-10-16(5-2)19(15)22-18(25)13-27-21-24-23-20(26-21)17-11-6-8-14(3)12-17/h6-12H,4-5,13H2,1-3H3,(H,22,25). The Labute approximate surface area is 163 Å². The van der Waals surface area contributed by atoms with Crippen LogP contribution in [0.25, 0.3) is 11.5 Å². The van der Waals surface area contributed by atoms with E-state index in [0.717, 1.165) is 40.8 Å². The van der Waals surface area contributed by atoms with Crippen molar-refractivity contribution in [1.29, 1.82) is 0 Å². The van der Waals surface area contributed by atoms with E-state index in [2.05, 4.69) is 29.4 Å². The number of nitrogens with zero attached hydrogens (tertiary/aromatic N) is 2. The molecule has 6 heteroatoms. The van der Waals surface area contributed by atoms with Gasteiger partial charge in [-0.25, -0.2) is 0 Å². The van der Waals surface area contributed by atoms with Crippen LogP contribution in [0.1, 0.15) is 30.5 Å². The van der Waals surface area contributed by atoms with Crippen LogP contribution in [0.2, 0.25) is 0 Å². The fourth-order valence-corrected chi connectivity index (χ4v) is 3.43. The highest BCUT2D eigenvalue weighted by molar-refractivity contribution is 7.99. The topological polar surface area (TPSA) is 68.0 Å². The Hall–Kier alpha value is -2.60. The van der Waals surface area contributed by atoms with E-state index in [4.69, 9.17) is 4.42 Å². The minimum atomic E-state index is -0.0779. The monoisotopic (exact) mass is 381 g/mol. The molecule has 0 radical (unpaired) electrons. The Morgan fingerprint density at radius 3 is 2.44 bits per heavy atom. The molecule has 3 aromatic rings. The molecule has 0 aliphatic rings. The quantitative estimate of drug-likeness (QED) is 0.590. The van der Waals surface area contributed by atoms with Gasteiger partial charge in [-0.3, -0.25) is 4.79 Å². The van der Waals surface area contributed by atoms with Crippen LogP contribution in [-0.4, -0.2) is 21.9 Å². The average molecular weight is 382 g/mol. The van der Waals surface area contributed by atoms with Gasteiger partial charge in [0.1, 0.15) is 0 Å². The van der Waals surface area contributed by atoms with Crippen LogP contribution < -0.4 is 5.32 Å². The van der Waals surface area contributed by atoms with Crippen molar-refractivity contribution in [2.75, 3.05) is 11.1 Å². The van der Waals surface area contributed by atoms with E-state index in [1.807, 2.05) is 49.4 Å². The minimum absolute atomic E-state index is 0.0779. The SMILES string of the molecule is CCc1cccc(CC)c1NC(=O)CSc1nnc(-c2cccc(C)c2)o1. The minimum Gasteiger partial charge on any atom is -0.411 e. The number of hydrogen-bond acceptors (Lipinski definition) is 5. The molecule has 0 bridgehead atoms. The van der Waals surface area contributed by atoms with Crippen LogP contribution in [0.4, 0.5) is 5.69 Å². The molecule has 0 unspecified atom stereocenters. The van der Waals surface area contributed by atoms with Crippen LogP contribution >= 0.6 is 11.8 Å². The number of carbonyl (C=O) groups excluding carboxylic acids is 1. The van der Waals surface area contributed by atoms with Crippen LogP contribution in [0, 0.1) is 6.92 Å². The number of hydrogen-bond donors (Lipinski definition) is 1. The molecule has 1 heterocycles. The van der Waals surface area contributed by atoms with Crippen molar-refractivity contribution < 1.29 is 9.21 Å². The Morgan fingerprint density at radius 1 is 1.07 bits per heavy atom. The van der Waals surface area contributed by atoms with Crippen molar-refractivity contribution >= 4 is 23.4 Å². The summed E-state index contributed by atoms with van der Waals surface area (Å²) in [5, 5.41) is 11.5. The lowest BCUT2D eigenvalue weighted by atomic mass is 10.0. The number of aromatic nitrogens is 2. The largest absolute Gasteiger partial charge is 0.411 e. The number of thioether (sulfide) groups is 1. The van der Waals surface area contributed by atoms with Crippen molar-refractivity contribution in [3.8, 4) is 11.5 Å². The van der Waals surface area contributed by atoms with Crippen molar-refractivity contribution in [1.82, 2.24) is 10.2 Å². The summed E-state index contributed by atoms with van der Waals surface area (Å²) in [5.41, 5.74) is 5.22. The van der Waals surface area contributed by atoms with Crippen LogP contribution in [0.5, 0.6) is 0 Å². The maximum Gasteiger partial charge on any atom is 0.277 e. The lowest BCUT2D eigenvalue weighted by Crippen LogP contribution is -2.16. The van der Waals surface area contributed by atoms with Gasteiger partial charge >= 0.3 is 0 Å². The highest BCUT2D eigenvalue weighted by Crippen LogP contribution is 2.25. The van der Waals surface area contributed by atoms with Crippen molar-refractivity contribution in [3.63, 3.8) is 0 Å². The van der Waals surface area contributed by atoms with Crippen LogP contribution in [-0.2, 0) is 17.6 Å². The van der Waals surface area contributed by atoms with Crippen LogP contribution in [0.3, 0.4) is 0 Å². The molecular formula is C21H23N3O2S. The second kappa shape index (κ2) is 8.86. The molecule has 3 rings (SSSR count). The molecule has 5 nitrogen and oxygen atoms in total. The molecule has 0 aliphatic carbocycles. The van der Waals surface area contributed by atoms with E-state index in [1.165, 1.54) is 11.8 Å². The lowest BCUT2D eigenvalue weighted by Gasteiger charge is -2.13. The van der Waals surface area contributed by atoms with Gasteiger partial charge in [-0.2, -0.15) is 0 Å². The molecule has 0 atom stereocenters. The number of para-hydroxylation sites is 1. The molecule has 1 N–H and O–H groups in total. The predicted molar refractivity (Wildman–Crippen MR) is 109 cm³/mol. The van der Waals surface area contributed by atoms with Gasteiger partial charge in [0.25, 0.3) is 5.22 Å². The third kappa shape index (κ3) is 4.77. The van der Waals surface area contributed by atoms with E-state index in [9.17, 15) is 4.79 Å². The summed E-state index contributed by atoms with van der Waals surface area (Å²) in [6, 6.07) is 14.0. The molecule has 1 aromatic heterocycles. The molecule has 0 saturated heterocycles. The molecule has 1 amide bonds.